The van der Waals surface area contributed by atoms with Gasteiger partial charge in [-0.2, -0.15) is 0 Å². The Labute approximate surface area is 94.5 Å². The van der Waals surface area contributed by atoms with E-state index in [-0.39, 0.29) is 0 Å². The van der Waals surface area contributed by atoms with Crippen LogP contribution in [0.15, 0.2) is 24.3 Å². The summed E-state index contributed by atoms with van der Waals surface area (Å²) < 4.78 is 0. The van der Waals surface area contributed by atoms with E-state index >= 15 is 0 Å². The molecule has 1 aromatic carbocycles. The van der Waals surface area contributed by atoms with E-state index < -0.39 is 11.9 Å². The van der Waals surface area contributed by atoms with Gasteiger partial charge in [0.25, 0.3) is 11.9 Å². The molecular weight excluding hydrogens is 210 g/mol. The van der Waals surface area contributed by atoms with Crippen LogP contribution in [-0.4, -0.2) is 22.2 Å². The lowest BCUT2D eigenvalue weighted by molar-refractivity contribution is -0.135. The molecule has 0 radical (unpaired) electrons. The third-order valence-electron chi connectivity index (χ3n) is 1.08. The van der Waals surface area contributed by atoms with Crippen molar-refractivity contribution in [3.63, 3.8) is 0 Å². The van der Waals surface area contributed by atoms with Gasteiger partial charge in [-0.1, -0.05) is 17.7 Å². The van der Waals surface area contributed by atoms with Gasteiger partial charge in [0, 0.05) is 19.5 Å². The van der Waals surface area contributed by atoms with Crippen molar-refractivity contribution in [2.75, 3.05) is 5.73 Å². The Hall–Kier alpha value is -2.04. The Balaban J connectivity index is 0. The lowest BCUT2D eigenvalue weighted by Crippen LogP contribution is -1.81. The molecule has 0 atom stereocenters. The van der Waals surface area contributed by atoms with Crippen molar-refractivity contribution >= 4 is 17.6 Å². The van der Waals surface area contributed by atoms with Crippen molar-refractivity contribution in [3.05, 3.63) is 29.8 Å². The maximum Gasteiger partial charge on any atom is 0.300 e. The van der Waals surface area contributed by atoms with Crippen molar-refractivity contribution in [2.45, 2.75) is 20.8 Å². The van der Waals surface area contributed by atoms with Gasteiger partial charge in [0.15, 0.2) is 0 Å². The zero-order valence-electron chi connectivity index (χ0n) is 9.60. The SMILES string of the molecule is CC(=O)O.CC(=O)O.Cc1ccc(N)cc1. The van der Waals surface area contributed by atoms with Crippen LogP contribution in [0.4, 0.5) is 5.69 Å². The van der Waals surface area contributed by atoms with Crippen molar-refractivity contribution in [1.29, 1.82) is 0 Å². The highest BCUT2D eigenvalue weighted by atomic mass is 16.4. The molecule has 4 N–H and O–H groups in total. The molecule has 0 spiro atoms. The molecule has 0 fully saturated rings. The van der Waals surface area contributed by atoms with Gasteiger partial charge in [-0.15, -0.1) is 0 Å². The molecule has 0 aromatic heterocycles. The van der Waals surface area contributed by atoms with Gasteiger partial charge < -0.3 is 15.9 Å². The molecule has 5 heteroatoms. The second-order valence-electron chi connectivity index (χ2n) is 2.95. The molecule has 1 rings (SSSR count). The molecule has 5 nitrogen and oxygen atoms in total. The lowest BCUT2D eigenvalue weighted by Gasteiger charge is -1.90. The summed E-state index contributed by atoms with van der Waals surface area (Å²) in [6, 6.07) is 7.79. The topological polar surface area (TPSA) is 101 Å². The van der Waals surface area contributed by atoms with E-state index in [1.165, 1.54) is 5.56 Å². The number of nitrogens with two attached hydrogens (primary N) is 1. The zero-order valence-corrected chi connectivity index (χ0v) is 9.60. The summed E-state index contributed by atoms with van der Waals surface area (Å²) >= 11 is 0. The average molecular weight is 227 g/mol. The van der Waals surface area contributed by atoms with E-state index in [4.69, 9.17) is 25.5 Å². The molecule has 0 saturated heterocycles. The maximum atomic E-state index is 9.00. The fourth-order valence-electron chi connectivity index (χ4n) is 0.566. The van der Waals surface area contributed by atoms with E-state index in [9.17, 15) is 0 Å². The van der Waals surface area contributed by atoms with Crippen molar-refractivity contribution in [1.82, 2.24) is 0 Å². The van der Waals surface area contributed by atoms with Gasteiger partial charge in [-0.05, 0) is 19.1 Å². The number of aliphatic carboxylic acids is 2. The number of aryl methyl sites for hydroxylation is 1. The number of benzene rings is 1. The third kappa shape index (κ3) is 22.7. The highest BCUT2D eigenvalue weighted by molar-refractivity contribution is 5.63. The molecule has 0 amide bonds. The number of hydrogen-bond acceptors (Lipinski definition) is 3. The first-order valence-electron chi connectivity index (χ1n) is 4.47. The summed E-state index contributed by atoms with van der Waals surface area (Å²) in [5.74, 6) is -1.67. The average Bonchev–Trinajstić information content (AvgIpc) is 2.08. The number of carboxylic acid groups (broad SMARTS) is 2. The number of rotatable bonds is 0. The first-order valence-corrected chi connectivity index (χ1v) is 4.47. The predicted octanol–water partition coefficient (Wildman–Crippen LogP) is 1.76. The fraction of sp³-hybridized carbons (Fsp3) is 0.273. The normalized spacial score (nSPS) is 7.69. The van der Waals surface area contributed by atoms with Crippen LogP contribution in [0.5, 0.6) is 0 Å². The van der Waals surface area contributed by atoms with Gasteiger partial charge in [0.2, 0.25) is 0 Å². The summed E-state index contributed by atoms with van der Waals surface area (Å²) in [7, 11) is 0. The maximum absolute atomic E-state index is 9.00. The minimum absolute atomic E-state index is 0.829. The van der Waals surface area contributed by atoms with Crippen molar-refractivity contribution in [3.8, 4) is 0 Å². The standard InChI is InChI=1S/C7H9N.2C2H4O2/c1-6-2-4-7(8)5-3-6;2*1-2(3)4/h2-5H,8H2,1H3;2*1H3,(H,3,4). The smallest absolute Gasteiger partial charge is 0.300 e. The molecule has 0 aliphatic carbocycles. The van der Waals surface area contributed by atoms with Gasteiger partial charge in [0.1, 0.15) is 0 Å². The Morgan fingerprint density at radius 3 is 1.44 bits per heavy atom. The molecule has 0 saturated carbocycles. The molecule has 16 heavy (non-hydrogen) atoms. The van der Waals surface area contributed by atoms with E-state index in [0.29, 0.717) is 0 Å². The van der Waals surface area contributed by atoms with E-state index in [0.717, 1.165) is 19.5 Å². The highest BCUT2D eigenvalue weighted by Crippen LogP contribution is 2.02. The quantitative estimate of drug-likeness (QED) is 0.586. The predicted molar refractivity (Wildman–Crippen MR) is 62.2 cm³/mol. The highest BCUT2D eigenvalue weighted by Gasteiger charge is 1.80. The summed E-state index contributed by atoms with van der Waals surface area (Å²) in [6.45, 7) is 4.21. The van der Waals surface area contributed by atoms with Crippen LogP contribution in [0.25, 0.3) is 0 Å². The zero-order chi connectivity index (χ0) is 13.1. The lowest BCUT2D eigenvalue weighted by atomic mass is 10.2. The van der Waals surface area contributed by atoms with E-state index in [2.05, 4.69) is 0 Å². The Bertz CT molecular complexity index is 278. The number of carbonyl (C=O) groups is 2. The molecular formula is C11H17NO4. The molecule has 90 valence electrons. The molecule has 0 unspecified atom stereocenters. The fourth-order valence-corrected chi connectivity index (χ4v) is 0.566. The minimum Gasteiger partial charge on any atom is -0.481 e. The Kier molecular flexibility index (Phi) is 9.75. The van der Waals surface area contributed by atoms with Crippen LogP contribution in [-0.2, 0) is 9.59 Å². The molecule has 0 aliphatic heterocycles. The van der Waals surface area contributed by atoms with Crippen LogP contribution >= 0.6 is 0 Å². The van der Waals surface area contributed by atoms with Gasteiger partial charge in [-0.3, -0.25) is 9.59 Å². The molecule has 1 aromatic rings. The largest absolute Gasteiger partial charge is 0.481 e. The van der Waals surface area contributed by atoms with E-state index in [1.54, 1.807) is 0 Å². The van der Waals surface area contributed by atoms with Crippen LogP contribution < -0.4 is 5.73 Å². The minimum atomic E-state index is -0.833. The third-order valence-corrected chi connectivity index (χ3v) is 1.08. The summed E-state index contributed by atoms with van der Waals surface area (Å²) in [6.07, 6.45) is 0. The van der Waals surface area contributed by atoms with Crippen LogP contribution in [0.2, 0.25) is 0 Å². The number of carboxylic acids is 2. The first kappa shape index (κ1) is 16.4. The van der Waals surface area contributed by atoms with Crippen molar-refractivity contribution in [2.24, 2.45) is 0 Å². The van der Waals surface area contributed by atoms with Crippen LogP contribution in [0.1, 0.15) is 19.4 Å². The van der Waals surface area contributed by atoms with Gasteiger partial charge in [-0.25, -0.2) is 0 Å². The Morgan fingerprint density at radius 1 is 1.00 bits per heavy atom. The van der Waals surface area contributed by atoms with Crippen LogP contribution in [0.3, 0.4) is 0 Å². The second kappa shape index (κ2) is 9.51. The molecule has 0 heterocycles. The van der Waals surface area contributed by atoms with Gasteiger partial charge >= 0.3 is 0 Å². The van der Waals surface area contributed by atoms with E-state index in [1.807, 2.05) is 31.2 Å². The molecule has 0 bridgehead atoms. The number of anilines is 1. The van der Waals surface area contributed by atoms with Crippen molar-refractivity contribution < 1.29 is 19.8 Å². The second-order valence-corrected chi connectivity index (χ2v) is 2.95. The number of hydrogen-bond donors (Lipinski definition) is 3. The molecule has 0 aliphatic rings. The summed E-state index contributed by atoms with van der Waals surface area (Å²) in [4.78, 5) is 18.0. The van der Waals surface area contributed by atoms with Crippen LogP contribution in [0, 0.1) is 6.92 Å². The van der Waals surface area contributed by atoms with Gasteiger partial charge in [0.05, 0.1) is 0 Å². The Morgan fingerprint density at radius 2 is 1.25 bits per heavy atom. The summed E-state index contributed by atoms with van der Waals surface area (Å²) in [5.41, 5.74) is 7.51. The monoisotopic (exact) mass is 227 g/mol. The first-order chi connectivity index (χ1) is 7.25. The number of nitrogen functional groups attached to an aromatic ring is 1. The summed E-state index contributed by atoms with van der Waals surface area (Å²) in [5, 5.41) is 14.8.